The van der Waals surface area contributed by atoms with E-state index in [4.69, 9.17) is 0 Å². The third-order valence-electron chi connectivity index (χ3n) is 3.93. The quantitative estimate of drug-likeness (QED) is 0.843. The number of hydrogen-bond donors (Lipinski definition) is 1. The highest BCUT2D eigenvalue weighted by Crippen LogP contribution is 2.37. The molecule has 2 rings (SSSR count). The highest BCUT2D eigenvalue weighted by molar-refractivity contribution is 5.26. The predicted octanol–water partition coefficient (Wildman–Crippen LogP) is 4.48. The maximum absolute atomic E-state index is 12.6. The fourth-order valence-electron chi connectivity index (χ4n) is 2.92. The van der Waals surface area contributed by atoms with Crippen molar-refractivity contribution in [3.63, 3.8) is 0 Å². The molecule has 18 heavy (non-hydrogen) atoms. The van der Waals surface area contributed by atoms with Crippen LogP contribution in [0.4, 0.5) is 8.78 Å². The Morgan fingerprint density at radius 2 is 1.94 bits per heavy atom. The van der Waals surface area contributed by atoms with Gasteiger partial charge in [0.1, 0.15) is 0 Å². The molecule has 100 valence electrons. The first-order chi connectivity index (χ1) is 8.58. The van der Waals surface area contributed by atoms with Crippen molar-refractivity contribution >= 4 is 0 Å². The van der Waals surface area contributed by atoms with Crippen LogP contribution < -0.4 is 0 Å². The number of rotatable bonds is 3. The molecular formula is C15H20F2O. The van der Waals surface area contributed by atoms with Gasteiger partial charge >= 0.3 is 0 Å². The van der Waals surface area contributed by atoms with Crippen molar-refractivity contribution in [2.24, 2.45) is 11.8 Å². The van der Waals surface area contributed by atoms with Crippen LogP contribution in [-0.4, -0.2) is 5.11 Å². The summed E-state index contributed by atoms with van der Waals surface area (Å²) in [5, 5.41) is 10.3. The van der Waals surface area contributed by atoms with Gasteiger partial charge in [0.25, 0.3) is 6.43 Å². The molecule has 0 aromatic heterocycles. The Morgan fingerprint density at radius 3 is 2.61 bits per heavy atom. The molecule has 1 nitrogen and oxygen atoms in total. The van der Waals surface area contributed by atoms with E-state index < -0.39 is 12.5 Å². The molecule has 0 radical (unpaired) electrons. The van der Waals surface area contributed by atoms with Gasteiger partial charge in [-0.3, -0.25) is 0 Å². The smallest absolute Gasteiger partial charge is 0.263 e. The molecule has 3 heteroatoms. The Labute approximate surface area is 107 Å². The molecule has 1 saturated carbocycles. The zero-order valence-corrected chi connectivity index (χ0v) is 10.7. The highest BCUT2D eigenvalue weighted by atomic mass is 19.3. The number of aliphatic hydroxyl groups is 1. The van der Waals surface area contributed by atoms with E-state index in [1.165, 1.54) is 18.6 Å². The number of alkyl halides is 2. The first-order valence-electron chi connectivity index (χ1n) is 6.64. The van der Waals surface area contributed by atoms with Gasteiger partial charge in [0.15, 0.2) is 0 Å². The Bertz CT molecular complexity index is 392. The molecule has 1 N–H and O–H groups in total. The van der Waals surface area contributed by atoms with Crippen LogP contribution in [-0.2, 0) is 0 Å². The van der Waals surface area contributed by atoms with Gasteiger partial charge in [0.05, 0.1) is 6.10 Å². The largest absolute Gasteiger partial charge is 0.388 e. The van der Waals surface area contributed by atoms with Gasteiger partial charge < -0.3 is 5.11 Å². The first kappa shape index (κ1) is 13.5. The molecule has 0 amide bonds. The summed E-state index contributed by atoms with van der Waals surface area (Å²) in [4.78, 5) is 0. The van der Waals surface area contributed by atoms with Crippen molar-refractivity contribution in [3.8, 4) is 0 Å². The summed E-state index contributed by atoms with van der Waals surface area (Å²) in [6.07, 6.45) is 1.23. The number of halogens is 2. The average Bonchev–Trinajstić information content (AvgIpc) is 2.38. The molecule has 1 fully saturated rings. The average molecular weight is 254 g/mol. The fraction of sp³-hybridized carbons (Fsp3) is 0.600. The third-order valence-corrected chi connectivity index (χ3v) is 3.93. The second-order valence-electron chi connectivity index (χ2n) is 5.45. The van der Waals surface area contributed by atoms with Gasteiger partial charge in [-0.25, -0.2) is 8.78 Å². The van der Waals surface area contributed by atoms with Crippen LogP contribution in [0.25, 0.3) is 0 Å². The summed E-state index contributed by atoms with van der Waals surface area (Å²) in [6, 6.07) is 6.20. The van der Waals surface area contributed by atoms with Crippen molar-refractivity contribution in [3.05, 3.63) is 35.4 Å². The lowest BCUT2D eigenvalue weighted by Gasteiger charge is -2.30. The summed E-state index contributed by atoms with van der Waals surface area (Å²) in [5.74, 6) is 0.832. The minimum absolute atomic E-state index is 0.00425. The number of hydrogen-bond acceptors (Lipinski definition) is 1. The Kier molecular flexibility index (Phi) is 4.33. The summed E-state index contributed by atoms with van der Waals surface area (Å²) in [6.45, 7) is 2.19. The Balaban J connectivity index is 2.12. The van der Waals surface area contributed by atoms with Crippen molar-refractivity contribution in [2.45, 2.75) is 45.1 Å². The van der Waals surface area contributed by atoms with E-state index in [1.807, 2.05) is 0 Å². The lowest BCUT2D eigenvalue weighted by molar-refractivity contribution is 0.0709. The second kappa shape index (κ2) is 5.79. The van der Waals surface area contributed by atoms with Crippen molar-refractivity contribution < 1.29 is 13.9 Å². The van der Waals surface area contributed by atoms with Crippen molar-refractivity contribution in [1.29, 1.82) is 0 Å². The summed E-state index contributed by atoms with van der Waals surface area (Å²) in [5.41, 5.74) is 0.627. The zero-order valence-electron chi connectivity index (χ0n) is 10.7. The van der Waals surface area contributed by atoms with Gasteiger partial charge in [-0.1, -0.05) is 38.0 Å². The van der Waals surface area contributed by atoms with Crippen molar-refractivity contribution in [1.82, 2.24) is 0 Å². The Hall–Kier alpha value is -0.960. The van der Waals surface area contributed by atoms with E-state index in [1.54, 1.807) is 12.1 Å². The monoisotopic (exact) mass is 254 g/mol. The van der Waals surface area contributed by atoms with E-state index in [-0.39, 0.29) is 11.5 Å². The predicted molar refractivity (Wildman–Crippen MR) is 67.5 cm³/mol. The molecule has 1 aromatic carbocycles. The van der Waals surface area contributed by atoms with Gasteiger partial charge in [0.2, 0.25) is 0 Å². The normalized spacial score (nSPS) is 26.3. The minimum Gasteiger partial charge on any atom is -0.388 e. The van der Waals surface area contributed by atoms with E-state index in [2.05, 4.69) is 6.92 Å². The zero-order chi connectivity index (χ0) is 13.1. The molecule has 0 heterocycles. The van der Waals surface area contributed by atoms with E-state index in [0.29, 0.717) is 11.5 Å². The SMILES string of the molecule is CC1CCCC(C(O)c2cccc(C(F)F)c2)C1. The van der Waals surface area contributed by atoms with E-state index in [9.17, 15) is 13.9 Å². The van der Waals surface area contributed by atoms with Crippen LogP contribution in [0.3, 0.4) is 0 Å². The van der Waals surface area contributed by atoms with Gasteiger partial charge in [-0.15, -0.1) is 0 Å². The fourth-order valence-corrected chi connectivity index (χ4v) is 2.92. The van der Waals surface area contributed by atoms with Crippen LogP contribution >= 0.6 is 0 Å². The van der Waals surface area contributed by atoms with Gasteiger partial charge in [0, 0.05) is 5.56 Å². The van der Waals surface area contributed by atoms with Crippen LogP contribution in [0.15, 0.2) is 24.3 Å². The van der Waals surface area contributed by atoms with Crippen LogP contribution in [0.5, 0.6) is 0 Å². The maximum Gasteiger partial charge on any atom is 0.263 e. The summed E-state index contributed by atoms with van der Waals surface area (Å²) < 4.78 is 25.3. The van der Waals surface area contributed by atoms with E-state index in [0.717, 1.165) is 19.3 Å². The number of aliphatic hydroxyl groups excluding tert-OH is 1. The Morgan fingerprint density at radius 1 is 1.22 bits per heavy atom. The van der Waals surface area contributed by atoms with Crippen molar-refractivity contribution in [2.75, 3.05) is 0 Å². The molecule has 3 unspecified atom stereocenters. The maximum atomic E-state index is 12.6. The molecule has 0 bridgehead atoms. The summed E-state index contributed by atoms with van der Waals surface area (Å²) >= 11 is 0. The molecule has 0 spiro atoms. The molecular weight excluding hydrogens is 234 g/mol. The molecule has 0 saturated heterocycles. The second-order valence-corrected chi connectivity index (χ2v) is 5.45. The van der Waals surface area contributed by atoms with E-state index >= 15 is 0 Å². The lowest BCUT2D eigenvalue weighted by Crippen LogP contribution is -2.20. The molecule has 3 atom stereocenters. The van der Waals surface area contributed by atoms with Gasteiger partial charge in [-0.2, -0.15) is 0 Å². The van der Waals surface area contributed by atoms with Crippen LogP contribution in [0.1, 0.15) is 56.3 Å². The highest BCUT2D eigenvalue weighted by Gasteiger charge is 2.26. The molecule has 1 aliphatic carbocycles. The molecule has 0 aliphatic heterocycles. The van der Waals surface area contributed by atoms with Crippen LogP contribution in [0, 0.1) is 11.8 Å². The first-order valence-corrected chi connectivity index (χ1v) is 6.64. The molecule has 1 aliphatic rings. The standard InChI is InChI=1S/C15H20F2O/c1-10-4-2-5-11(8-10)14(18)12-6-3-7-13(9-12)15(16)17/h3,6-7,9-11,14-15,18H,2,4-5,8H2,1H3. The topological polar surface area (TPSA) is 20.2 Å². The molecule has 1 aromatic rings. The minimum atomic E-state index is -2.47. The lowest BCUT2D eigenvalue weighted by atomic mass is 9.78. The number of benzene rings is 1. The van der Waals surface area contributed by atoms with Gasteiger partial charge in [-0.05, 0) is 36.3 Å². The third kappa shape index (κ3) is 3.08. The van der Waals surface area contributed by atoms with Crippen LogP contribution in [0.2, 0.25) is 0 Å². The summed E-state index contributed by atoms with van der Waals surface area (Å²) in [7, 11) is 0.